The molecule has 0 bridgehead atoms. The van der Waals surface area contributed by atoms with Crippen LogP contribution in [0.1, 0.15) is 10.4 Å². The molecule has 1 aliphatic rings. The van der Waals surface area contributed by atoms with Crippen molar-refractivity contribution in [2.24, 2.45) is 0 Å². The monoisotopic (exact) mass is 179 g/mol. The number of benzene rings is 1. The van der Waals surface area contributed by atoms with Gasteiger partial charge < -0.3 is 10.2 Å². The number of methoxy groups -OCH3 is 1. The van der Waals surface area contributed by atoms with E-state index in [0.29, 0.717) is 17.0 Å². The molecule has 0 unspecified atom stereocenters. The molecule has 0 aliphatic carbocycles. The normalized spacial score (nSPS) is 14.1. The third kappa shape index (κ3) is 1.19. The maximum atomic E-state index is 11.4. The van der Waals surface area contributed by atoms with Crippen LogP contribution < -0.4 is 21.1 Å². The van der Waals surface area contributed by atoms with Crippen molar-refractivity contribution in [2.75, 3.05) is 12.5 Å². The Kier molecular flexibility index (Phi) is 1.79. The van der Waals surface area contributed by atoms with Gasteiger partial charge in [0.25, 0.3) is 5.91 Å². The highest BCUT2D eigenvalue weighted by molar-refractivity contribution is 6.03. The molecule has 3 N–H and O–H groups in total. The minimum absolute atomic E-state index is 0.203. The maximum Gasteiger partial charge on any atom is 0.272 e. The van der Waals surface area contributed by atoms with Crippen LogP contribution in [0, 0.1) is 0 Å². The molecule has 1 aromatic carbocycles. The van der Waals surface area contributed by atoms with Gasteiger partial charge in [-0.15, -0.1) is 5.53 Å². The number of anilines is 1. The third-order valence-electron chi connectivity index (χ3n) is 1.85. The van der Waals surface area contributed by atoms with Gasteiger partial charge in [0, 0.05) is 0 Å². The standard InChI is InChI=1S/C8H9N3O2/c1-13-6-4-2-3-5-7(6)8(12)10-11-9-5/h2-4,9,11H,1H3,(H,10,12). The molecule has 68 valence electrons. The third-order valence-corrected chi connectivity index (χ3v) is 1.85. The van der Waals surface area contributed by atoms with Crippen molar-refractivity contribution in [3.63, 3.8) is 0 Å². The first kappa shape index (κ1) is 7.88. The van der Waals surface area contributed by atoms with Crippen molar-refractivity contribution in [1.82, 2.24) is 11.0 Å². The van der Waals surface area contributed by atoms with Gasteiger partial charge >= 0.3 is 0 Å². The molecule has 0 spiro atoms. The van der Waals surface area contributed by atoms with Gasteiger partial charge in [0.2, 0.25) is 0 Å². The van der Waals surface area contributed by atoms with Crippen LogP contribution in [0.25, 0.3) is 0 Å². The Hall–Kier alpha value is -1.75. The number of rotatable bonds is 1. The van der Waals surface area contributed by atoms with Gasteiger partial charge in [-0.05, 0) is 12.1 Å². The molecule has 0 saturated heterocycles. The fourth-order valence-corrected chi connectivity index (χ4v) is 1.26. The summed E-state index contributed by atoms with van der Waals surface area (Å²) >= 11 is 0. The number of hydrogen-bond donors (Lipinski definition) is 3. The largest absolute Gasteiger partial charge is 0.496 e. The van der Waals surface area contributed by atoms with Crippen molar-refractivity contribution < 1.29 is 9.53 Å². The number of hydrogen-bond acceptors (Lipinski definition) is 4. The molecule has 1 amide bonds. The highest BCUT2D eigenvalue weighted by atomic mass is 16.5. The van der Waals surface area contributed by atoms with Gasteiger partial charge in [0.15, 0.2) is 0 Å². The van der Waals surface area contributed by atoms with E-state index in [1.165, 1.54) is 7.11 Å². The molecule has 0 atom stereocenters. The first-order valence-electron chi connectivity index (χ1n) is 3.81. The summed E-state index contributed by atoms with van der Waals surface area (Å²) in [6, 6.07) is 5.35. The van der Waals surface area contributed by atoms with Crippen molar-refractivity contribution in [2.45, 2.75) is 0 Å². The summed E-state index contributed by atoms with van der Waals surface area (Å²) < 4.78 is 5.05. The maximum absolute atomic E-state index is 11.4. The first-order valence-corrected chi connectivity index (χ1v) is 3.81. The predicted molar refractivity (Wildman–Crippen MR) is 47.2 cm³/mol. The van der Waals surface area contributed by atoms with Gasteiger partial charge in [-0.3, -0.25) is 10.2 Å². The Morgan fingerprint density at radius 1 is 1.31 bits per heavy atom. The number of amides is 1. The quantitative estimate of drug-likeness (QED) is 0.579. The van der Waals surface area contributed by atoms with E-state index < -0.39 is 0 Å². The van der Waals surface area contributed by atoms with Crippen molar-refractivity contribution >= 4 is 11.6 Å². The Morgan fingerprint density at radius 2 is 2.15 bits per heavy atom. The van der Waals surface area contributed by atoms with E-state index >= 15 is 0 Å². The molecule has 5 heteroatoms. The number of ether oxygens (including phenoxy) is 1. The fraction of sp³-hybridized carbons (Fsp3) is 0.125. The number of carbonyl (C=O) groups is 1. The number of hydrazine groups is 2. The zero-order chi connectivity index (χ0) is 9.26. The lowest BCUT2D eigenvalue weighted by atomic mass is 10.1. The van der Waals surface area contributed by atoms with Crippen LogP contribution in [0.3, 0.4) is 0 Å². The van der Waals surface area contributed by atoms with E-state index in [-0.39, 0.29) is 5.91 Å². The van der Waals surface area contributed by atoms with Gasteiger partial charge in [0.1, 0.15) is 11.3 Å². The molecule has 1 aliphatic heterocycles. The number of nitrogens with one attached hydrogen (secondary N) is 3. The SMILES string of the molecule is COc1cccc2c1C(=O)NNN2. The highest BCUT2D eigenvalue weighted by Gasteiger charge is 2.20. The fourth-order valence-electron chi connectivity index (χ4n) is 1.26. The lowest BCUT2D eigenvalue weighted by Crippen LogP contribution is -2.45. The van der Waals surface area contributed by atoms with E-state index in [9.17, 15) is 4.79 Å². The first-order chi connectivity index (χ1) is 6.33. The van der Waals surface area contributed by atoms with Gasteiger partial charge in [0.05, 0.1) is 12.8 Å². The van der Waals surface area contributed by atoms with Crippen LogP contribution in [0.15, 0.2) is 18.2 Å². The second-order valence-electron chi connectivity index (χ2n) is 2.59. The van der Waals surface area contributed by atoms with Crippen LogP contribution in [0.5, 0.6) is 5.75 Å². The zero-order valence-corrected chi connectivity index (χ0v) is 7.05. The molecule has 0 radical (unpaired) electrons. The summed E-state index contributed by atoms with van der Waals surface area (Å²) in [5.41, 5.74) is 9.00. The summed E-state index contributed by atoms with van der Waals surface area (Å²) in [5, 5.41) is 0. The minimum Gasteiger partial charge on any atom is -0.496 e. The lowest BCUT2D eigenvalue weighted by Gasteiger charge is -2.20. The minimum atomic E-state index is -0.203. The van der Waals surface area contributed by atoms with Crippen molar-refractivity contribution in [3.8, 4) is 5.75 Å². The van der Waals surface area contributed by atoms with E-state index in [4.69, 9.17) is 4.74 Å². The van der Waals surface area contributed by atoms with E-state index in [1.54, 1.807) is 12.1 Å². The van der Waals surface area contributed by atoms with E-state index in [1.807, 2.05) is 6.07 Å². The summed E-state index contributed by atoms with van der Waals surface area (Å²) in [6.45, 7) is 0. The average molecular weight is 179 g/mol. The Balaban J connectivity index is 2.56. The number of fused-ring (bicyclic) bond motifs is 1. The summed E-state index contributed by atoms with van der Waals surface area (Å²) in [7, 11) is 1.53. The molecule has 0 aromatic heterocycles. The highest BCUT2D eigenvalue weighted by Crippen LogP contribution is 2.26. The van der Waals surface area contributed by atoms with Crippen LogP contribution >= 0.6 is 0 Å². The zero-order valence-electron chi connectivity index (χ0n) is 7.05. The smallest absolute Gasteiger partial charge is 0.272 e. The Labute approximate surface area is 75.0 Å². The second kappa shape index (κ2) is 2.95. The molecule has 13 heavy (non-hydrogen) atoms. The molecular formula is C8H9N3O2. The molecule has 1 aromatic rings. The molecule has 0 saturated carbocycles. The van der Waals surface area contributed by atoms with Gasteiger partial charge in [-0.25, -0.2) is 0 Å². The van der Waals surface area contributed by atoms with Crippen molar-refractivity contribution in [1.29, 1.82) is 0 Å². The predicted octanol–water partition coefficient (Wildman–Crippen LogP) is 0.270. The van der Waals surface area contributed by atoms with Crippen LogP contribution in [0.4, 0.5) is 5.69 Å². The topological polar surface area (TPSA) is 62.4 Å². The van der Waals surface area contributed by atoms with E-state index in [0.717, 1.165) is 0 Å². The Morgan fingerprint density at radius 3 is 2.92 bits per heavy atom. The Bertz CT molecular complexity index is 337. The molecule has 0 fully saturated rings. The molecule has 2 rings (SSSR count). The van der Waals surface area contributed by atoms with Crippen LogP contribution in [-0.4, -0.2) is 13.0 Å². The van der Waals surface area contributed by atoms with Gasteiger partial charge in [-0.1, -0.05) is 6.07 Å². The molecule has 5 nitrogen and oxygen atoms in total. The lowest BCUT2D eigenvalue weighted by molar-refractivity contribution is 0.0928. The van der Waals surface area contributed by atoms with Crippen molar-refractivity contribution in [3.05, 3.63) is 23.8 Å². The average Bonchev–Trinajstić information content (AvgIpc) is 2.17. The second-order valence-corrected chi connectivity index (χ2v) is 2.59. The van der Waals surface area contributed by atoms with E-state index in [2.05, 4.69) is 16.4 Å². The number of carbonyl (C=O) groups excluding carboxylic acids is 1. The summed E-state index contributed by atoms with van der Waals surface area (Å²) in [4.78, 5) is 11.4. The van der Waals surface area contributed by atoms with Crippen LogP contribution in [-0.2, 0) is 0 Å². The van der Waals surface area contributed by atoms with Crippen LogP contribution in [0.2, 0.25) is 0 Å². The summed E-state index contributed by atoms with van der Waals surface area (Å²) in [5.74, 6) is 0.357. The molecular weight excluding hydrogens is 170 g/mol. The summed E-state index contributed by atoms with van der Waals surface area (Å²) in [6.07, 6.45) is 0. The van der Waals surface area contributed by atoms with Gasteiger partial charge in [-0.2, -0.15) is 0 Å². The molecule has 1 heterocycles.